The molecule has 0 bridgehead atoms. The van der Waals surface area contributed by atoms with Gasteiger partial charge in [0.2, 0.25) is 0 Å². The zero-order valence-corrected chi connectivity index (χ0v) is 12.3. The molecule has 0 rings (SSSR count). The quantitative estimate of drug-likeness (QED) is 0.582. The van der Waals surface area contributed by atoms with Crippen LogP contribution < -0.4 is 5.32 Å². The third-order valence-corrected chi connectivity index (χ3v) is 2.92. The van der Waals surface area contributed by atoms with E-state index in [2.05, 4.69) is 19.2 Å². The number of ether oxygens (including phenoxy) is 1. The summed E-state index contributed by atoms with van der Waals surface area (Å²) in [7, 11) is 1.40. The summed E-state index contributed by atoms with van der Waals surface area (Å²) in [5, 5.41) is 3.70. The second-order valence-corrected chi connectivity index (χ2v) is 4.71. The van der Waals surface area contributed by atoms with Gasteiger partial charge >= 0.3 is 5.97 Å². The topological polar surface area (TPSA) is 41.6 Å². The lowest BCUT2D eigenvalue weighted by Crippen LogP contribution is -2.48. The number of carbonyl (C=O) groups is 1. The highest BCUT2D eigenvalue weighted by atomic mass is 32.1. The first-order chi connectivity index (χ1) is 7.96. The third kappa shape index (κ3) is 5.86. The van der Waals surface area contributed by atoms with Gasteiger partial charge in [0, 0.05) is 13.1 Å². The van der Waals surface area contributed by atoms with Gasteiger partial charge in [-0.25, -0.2) is 4.79 Å². The van der Waals surface area contributed by atoms with Crippen molar-refractivity contribution in [2.24, 2.45) is 5.92 Å². The minimum atomic E-state index is -0.354. The van der Waals surface area contributed by atoms with Crippen LogP contribution >= 0.6 is 12.2 Å². The molecule has 0 aromatic heterocycles. The van der Waals surface area contributed by atoms with Crippen molar-refractivity contribution in [3.05, 3.63) is 0 Å². The van der Waals surface area contributed by atoms with E-state index in [4.69, 9.17) is 17.0 Å². The SMILES string of the molecule is CCN(CC)C(=S)N[C@@H](CC(C)C)C(=O)OC. The van der Waals surface area contributed by atoms with Crippen molar-refractivity contribution in [3.63, 3.8) is 0 Å². The third-order valence-electron chi connectivity index (χ3n) is 2.54. The van der Waals surface area contributed by atoms with Crippen LogP contribution in [0.1, 0.15) is 34.1 Å². The van der Waals surface area contributed by atoms with E-state index < -0.39 is 0 Å². The Morgan fingerprint density at radius 2 is 1.88 bits per heavy atom. The Kier molecular flexibility index (Phi) is 7.87. The lowest BCUT2D eigenvalue weighted by molar-refractivity contribution is -0.143. The van der Waals surface area contributed by atoms with Crippen LogP contribution in [0.5, 0.6) is 0 Å². The monoisotopic (exact) mass is 260 g/mol. The molecule has 0 aromatic rings. The van der Waals surface area contributed by atoms with Gasteiger partial charge in [0.25, 0.3) is 0 Å². The molecule has 0 heterocycles. The van der Waals surface area contributed by atoms with E-state index in [1.165, 1.54) is 7.11 Å². The molecule has 1 atom stereocenters. The summed E-state index contributed by atoms with van der Waals surface area (Å²) in [6.07, 6.45) is 0.716. The predicted octanol–water partition coefficient (Wildman–Crippen LogP) is 1.79. The maximum atomic E-state index is 11.6. The summed E-state index contributed by atoms with van der Waals surface area (Å²) in [5.41, 5.74) is 0. The van der Waals surface area contributed by atoms with Gasteiger partial charge in [-0.2, -0.15) is 0 Å². The molecular formula is C12H24N2O2S. The number of hydrogen-bond acceptors (Lipinski definition) is 3. The lowest BCUT2D eigenvalue weighted by atomic mass is 10.0. The molecular weight excluding hydrogens is 236 g/mol. The molecule has 100 valence electrons. The minimum Gasteiger partial charge on any atom is -0.467 e. The average molecular weight is 260 g/mol. The highest BCUT2D eigenvalue weighted by Crippen LogP contribution is 2.07. The fraction of sp³-hybridized carbons (Fsp3) is 0.833. The van der Waals surface area contributed by atoms with Crippen LogP contribution in [-0.4, -0.2) is 42.2 Å². The lowest BCUT2D eigenvalue weighted by Gasteiger charge is -2.26. The van der Waals surface area contributed by atoms with Gasteiger partial charge in [-0.05, 0) is 38.4 Å². The van der Waals surface area contributed by atoms with Crippen molar-refractivity contribution >= 4 is 23.3 Å². The number of esters is 1. The molecule has 0 aliphatic heterocycles. The number of carbonyl (C=O) groups excluding carboxylic acids is 1. The predicted molar refractivity (Wildman–Crippen MR) is 73.9 cm³/mol. The Morgan fingerprint density at radius 1 is 1.35 bits per heavy atom. The molecule has 0 saturated carbocycles. The number of nitrogens with zero attached hydrogens (tertiary/aromatic N) is 1. The highest BCUT2D eigenvalue weighted by Gasteiger charge is 2.22. The molecule has 1 N–H and O–H groups in total. The molecule has 0 spiro atoms. The van der Waals surface area contributed by atoms with Crippen molar-refractivity contribution < 1.29 is 9.53 Å². The number of nitrogens with one attached hydrogen (secondary N) is 1. The van der Waals surface area contributed by atoms with Crippen LogP contribution in [-0.2, 0) is 9.53 Å². The zero-order chi connectivity index (χ0) is 13.4. The van der Waals surface area contributed by atoms with E-state index in [0.717, 1.165) is 13.1 Å². The number of rotatable bonds is 6. The van der Waals surface area contributed by atoms with Gasteiger partial charge in [-0.3, -0.25) is 0 Å². The molecule has 0 saturated heterocycles. The van der Waals surface area contributed by atoms with Gasteiger partial charge in [-0.1, -0.05) is 13.8 Å². The first kappa shape index (κ1) is 16.2. The maximum absolute atomic E-state index is 11.6. The fourth-order valence-electron chi connectivity index (χ4n) is 1.58. The van der Waals surface area contributed by atoms with Crippen molar-refractivity contribution in [2.75, 3.05) is 20.2 Å². The van der Waals surface area contributed by atoms with E-state index >= 15 is 0 Å². The normalized spacial score (nSPS) is 12.1. The fourth-order valence-corrected chi connectivity index (χ4v) is 1.98. The molecule has 5 heteroatoms. The molecule has 0 fully saturated rings. The molecule has 0 aromatic carbocycles. The number of methoxy groups -OCH3 is 1. The second-order valence-electron chi connectivity index (χ2n) is 4.33. The molecule has 0 amide bonds. The van der Waals surface area contributed by atoms with Crippen molar-refractivity contribution in [3.8, 4) is 0 Å². The van der Waals surface area contributed by atoms with Crippen LogP contribution in [0.4, 0.5) is 0 Å². The summed E-state index contributed by atoms with van der Waals surface area (Å²) < 4.78 is 4.78. The van der Waals surface area contributed by atoms with E-state index in [0.29, 0.717) is 17.5 Å². The molecule has 0 radical (unpaired) electrons. The average Bonchev–Trinajstić information content (AvgIpc) is 2.28. The van der Waals surface area contributed by atoms with Crippen LogP contribution in [0.25, 0.3) is 0 Å². The second kappa shape index (κ2) is 8.28. The van der Waals surface area contributed by atoms with Crippen LogP contribution in [0.3, 0.4) is 0 Å². The van der Waals surface area contributed by atoms with Crippen molar-refractivity contribution in [2.45, 2.75) is 40.2 Å². The van der Waals surface area contributed by atoms with Crippen molar-refractivity contribution in [1.29, 1.82) is 0 Å². The molecule has 0 unspecified atom stereocenters. The van der Waals surface area contributed by atoms with E-state index in [9.17, 15) is 4.79 Å². The number of hydrogen-bond donors (Lipinski definition) is 1. The van der Waals surface area contributed by atoms with Crippen molar-refractivity contribution in [1.82, 2.24) is 10.2 Å². The highest BCUT2D eigenvalue weighted by molar-refractivity contribution is 7.80. The smallest absolute Gasteiger partial charge is 0.328 e. The maximum Gasteiger partial charge on any atom is 0.328 e. The summed E-state index contributed by atoms with van der Waals surface area (Å²) in [6.45, 7) is 9.87. The summed E-state index contributed by atoms with van der Waals surface area (Å²) >= 11 is 5.28. The Bertz CT molecular complexity index is 253. The standard InChI is InChI=1S/C12H24N2O2S/c1-6-14(7-2)12(17)13-10(8-9(3)4)11(15)16-5/h9-10H,6-8H2,1-5H3,(H,13,17)/t10-/m0/s1. The van der Waals surface area contributed by atoms with E-state index in [-0.39, 0.29) is 12.0 Å². The Morgan fingerprint density at radius 3 is 2.24 bits per heavy atom. The molecule has 0 aliphatic carbocycles. The van der Waals surface area contributed by atoms with Crippen LogP contribution in [0.15, 0.2) is 0 Å². The Labute approximate surface area is 110 Å². The molecule has 0 aliphatic rings. The Hall–Kier alpha value is -0.840. The van der Waals surface area contributed by atoms with Crippen LogP contribution in [0.2, 0.25) is 0 Å². The molecule has 4 nitrogen and oxygen atoms in total. The first-order valence-corrected chi connectivity index (χ1v) is 6.50. The van der Waals surface area contributed by atoms with E-state index in [1.54, 1.807) is 0 Å². The van der Waals surface area contributed by atoms with E-state index in [1.807, 2.05) is 18.7 Å². The van der Waals surface area contributed by atoms with Gasteiger partial charge in [0.05, 0.1) is 7.11 Å². The van der Waals surface area contributed by atoms with Crippen LogP contribution in [0, 0.1) is 5.92 Å². The first-order valence-electron chi connectivity index (χ1n) is 6.09. The molecule has 17 heavy (non-hydrogen) atoms. The number of thiocarbonyl (C=S) groups is 1. The van der Waals surface area contributed by atoms with Gasteiger partial charge in [0.1, 0.15) is 6.04 Å². The van der Waals surface area contributed by atoms with Gasteiger partial charge < -0.3 is 15.0 Å². The minimum absolute atomic E-state index is 0.256. The Balaban J connectivity index is 4.51. The largest absolute Gasteiger partial charge is 0.467 e. The van der Waals surface area contributed by atoms with Gasteiger partial charge in [0.15, 0.2) is 5.11 Å². The summed E-state index contributed by atoms with van der Waals surface area (Å²) in [6, 6.07) is -0.354. The zero-order valence-electron chi connectivity index (χ0n) is 11.4. The summed E-state index contributed by atoms with van der Waals surface area (Å²) in [4.78, 5) is 13.6. The van der Waals surface area contributed by atoms with Gasteiger partial charge in [-0.15, -0.1) is 0 Å². The summed E-state index contributed by atoms with van der Waals surface area (Å²) in [5.74, 6) is 0.152.